The molecule has 0 unspecified atom stereocenters. The molecule has 2 rings (SSSR count). The van der Waals surface area contributed by atoms with Gasteiger partial charge in [-0.25, -0.2) is 4.98 Å². The lowest BCUT2D eigenvalue weighted by molar-refractivity contribution is -0.133. The van der Waals surface area contributed by atoms with Crippen LogP contribution in [0.2, 0.25) is 0 Å². The van der Waals surface area contributed by atoms with E-state index in [0.717, 1.165) is 31.2 Å². The van der Waals surface area contributed by atoms with Gasteiger partial charge in [0.2, 0.25) is 5.91 Å². The first-order valence-corrected chi connectivity index (χ1v) is 7.97. The summed E-state index contributed by atoms with van der Waals surface area (Å²) in [5.41, 5.74) is 0. The van der Waals surface area contributed by atoms with E-state index in [1.54, 1.807) is 11.8 Å². The molecule has 0 radical (unpaired) electrons. The molecule has 1 aromatic rings. The maximum absolute atomic E-state index is 12.1. The minimum absolute atomic E-state index is 0.201. The van der Waals surface area contributed by atoms with Crippen LogP contribution in [-0.4, -0.2) is 63.9 Å². The summed E-state index contributed by atoms with van der Waals surface area (Å²) in [5, 5.41) is 0. The number of rotatable bonds is 4. The topological polar surface area (TPSA) is 41.4 Å². The van der Waals surface area contributed by atoms with Crippen molar-refractivity contribution in [2.45, 2.75) is 12.5 Å². The molecule has 1 atom stereocenters. The van der Waals surface area contributed by atoms with Gasteiger partial charge >= 0.3 is 0 Å². The minimum atomic E-state index is 0.201. The number of aromatic nitrogens is 2. The van der Waals surface area contributed by atoms with Gasteiger partial charge in [-0.3, -0.25) is 9.69 Å². The van der Waals surface area contributed by atoms with E-state index in [2.05, 4.69) is 16.9 Å². The van der Waals surface area contributed by atoms with Gasteiger partial charge in [-0.05, 0) is 13.3 Å². The summed E-state index contributed by atoms with van der Waals surface area (Å²) >= 11 is 1.72. The van der Waals surface area contributed by atoms with Crippen molar-refractivity contribution in [3.8, 4) is 0 Å². The summed E-state index contributed by atoms with van der Waals surface area (Å²) in [4.78, 5) is 20.8. The third-order valence-electron chi connectivity index (χ3n) is 3.68. The van der Waals surface area contributed by atoms with Gasteiger partial charge in [0.15, 0.2) is 0 Å². The average molecular weight is 282 g/mol. The zero-order chi connectivity index (χ0) is 13.8. The van der Waals surface area contributed by atoms with Gasteiger partial charge in [-0.2, -0.15) is 11.8 Å². The van der Waals surface area contributed by atoms with Gasteiger partial charge in [0.25, 0.3) is 0 Å². The number of thioether (sulfide) groups is 1. The monoisotopic (exact) mass is 282 g/mol. The van der Waals surface area contributed by atoms with Crippen LogP contribution in [-0.2, 0) is 11.8 Å². The predicted octanol–water partition coefficient (Wildman–Crippen LogP) is 0.988. The van der Waals surface area contributed by atoms with Crippen molar-refractivity contribution >= 4 is 17.7 Å². The van der Waals surface area contributed by atoms with Gasteiger partial charge in [-0.1, -0.05) is 0 Å². The van der Waals surface area contributed by atoms with Crippen LogP contribution in [0.1, 0.15) is 18.3 Å². The molecule has 0 bridgehead atoms. The average Bonchev–Trinajstić information content (AvgIpc) is 2.82. The first kappa shape index (κ1) is 14.4. The highest BCUT2D eigenvalue weighted by Crippen LogP contribution is 2.22. The maximum atomic E-state index is 12.1. The third-order valence-corrected chi connectivity index (χ3v) is 4.29. The Balaban J connectivity index is 2.04. The van der Waals surface area contributed by atoms with Crippen LogP contribution in [0.4, 0.5) is 0 Å². The van der Waals surface area contributed by atoms with E-state index in [-0.39, 0.29) is 11.9 Å². The number of likely N-dealkylation sites (N-methyl/N-ethyl adjacent to an activating group) is 1. The number of hydrogen-bond donors (Lipinski definition) is 0. The first-order chi connectivity index (χ1) is 9.13. The number of aryl methyl sites for hydroxylation is 1. The van der Waals surface area contributed by atoms with Gasteiger partial charge in [0.1, 0.15) is 5.82 Å². The lowest BCUT2D eigenvalue weighted by atomic mass is 10.1. The van der Waals surface area contributed by atoms with Gasteiger partial charge in [-0.15, -0.1) is 0 Å². The van der Waals surface area contributed by atoms with Crippen LogP contribution < -0.4 is 0 Å². The molecule has 1 amide bonds. The number of imidazole rings is 1. The van der Waals surface area contributed by atoms with Crippen molar-refractivity contribution in [2.75, 3.05) is 38.7 Å². The van der Waals surface area contributed by atoms with E-state index >= 15 is 0 Å². The Morgan fingerprint density at radius 3 is 2.89 bits per heavy atom. The van der Waals surface area contributed by atoms with Crippen molar-refractivity contribution in [3.05, 3.63) is 18.2 Å². The number of piperazine rings is 1. The Kier molecular flexibility index (Phi) is 4.87. The second-order valence-electron chi connectivity index (χ2n) is 4.98. The SMILES string of the molecule is CSCCC(=O)N1CCN(C)[C@@H](c2nccn2C)C1. The number of nitrogens with zero attached hydrogens (tertiary/aromatic N) is 4. The zero-order valence-electron chi connectivity index (χ0n) is 11.9. The fourth-order valence-corrected chi connectivity index (χ4v) is 2.80. The molecule has 1 fully saturated rings. The number of amides is 1. The number of carbonyl (C=O) groups excluding carboxylic acids is 1. The molecular formula is C13H22N4OS. The first-order valence-electron chi connectivity index (χ1n) is 6.57. The summed E-state index contributed by atoms with van der Waals surface area (Å²) < 4.78 is 2.04. The Morgan fingerprint density at radius 1 is 1.47 bits per heavy atom. The number of carbonyl (C=O) groups is 1. The molecule has 2 heterocycles. The van der Waals surface area contributed by atoms with Crippen LogP contribution in [0, 0.1) is 0 Å². The molecule has 0 aromatic carbocycles. The third kappa shape index (κ3) is 3.30. The molecule has 0 spiro atoms. The zero-order valence-corrected chi connectivity index (χ0v) is 12.7. The van der Waals surface area contributed by atoms with E-state index in [1.807, 2.05) is 35.2 Å². The molecule has 1 aromatic heterocycles. The number of hydrogen-bond acceptors (Lipinski definition) is 4. The molecule has 19 heavy (non-hydrogen) atoms. The molecule has 1 aliphatic heterocycles. The Morgan fingerprint density at radius 2 is 2.26 bits per heavy atom. The normalized spacial score (nSPS) is 20.8. The molecule has 0 N–H and O–H groups in total. The van der Waals surface area contributed by atoms with Gasteiger partial charge in [0, 0.05) is 51.2 Å². The second-order valence-corrected chi connectivity index (χ2v) is 5.96. The van der Waals surface area contributed by atoms with Gasteiger partial charge < -0.3 is 9.47 Å². The van der Waals surface area contributed by atoms with E-state index in [9.17, 15) is 4.79 Å². The fourth-order valence-electron chi connectivity index (χ4n) is 2.42. The van der Waals surface area contributed by atoms with Crippen LogP contribution in [0.25, 0.3) is 0 Å². The fraction of sp³-hybridized carbons (Fsp3) is 0.692. The highest BCUT2D eigenvalue weighted by molar-refractivity contribution is 7.98. The van der Waals surface area contributed by atoms with Gasteiger partial charge in [0.05, 0.1) is 6.04 Å². The van der Waals surface area contributed by atoms with Crippen molar-refractivity contribution in [2.24, 2.45) is 7.05 Å². The van der Waals surface area contributed by atoms with Crippen LogP contribution in [0.3, 0.4) is 0 Å². The molecule has 5 nitrogen and oxygen atoms in total. The maximum Gasteiger partial charge on any atom is 0.223 e. The van der Waals surface area contributed by atoms with Crippen molar-refractivity contribution < 1.29 is 4.79 Å². The Labute approximate surface area is 119 Å². The molecule has 0 aliphatic carbocycles. The summed E-state index contributed by atoms with van der Waals surface area (Å²) in [7, 11) is 4.10. The van der Waals surface area contributed by atoms with Crippen molar-refractivity contribution in [1.82, 2.24) is 19.4 Å². The quantitative estimate of drug-likeness (QED) is 0.826. The molecule has 0 saturated carbocycles. The molecular weight excluding hydrogens is 260 g/mol. The van der Waals surface area contributed by atoms with Crippen LogP contribution in [0.15, 0.2) is 12.4 Å². The predicted molar refractivity (Wildman–Crippen MR) is 78.2 cm³/mol. The molecule has 6 heteroatoms. The summed E-state index contributed by atoms with van der Waals surface area (Å²) in [6.07, 6.45) is 6.45. The van der Waals surface area contributed by atoms with E-state index in [0.29, 0.717) is 6.42 Å². The second kappa shape index (κ2) is 6.43. The van der Waals surface area contributed by atoms with Crippen molar-refractivity contribution in [1.29, 1.82) is 0 Å². The minimum Gasteiger partial charge on any atom is -0.339 e. The summed E-state index contributed by atoms with van der Waals surface area (Å²) in [6, 6.07) is 0.201. The largest absolute Gasteiger partial charge is 0.339 e. The van der Waals surface area contributed by atoms with E-state index < -0.39 is 0 Å². The van der Waals surface area contributed by atoms with Crippen molar-refractivity contribution in [3.63, 3.8) is 0 Å². The molecule has 106 valence electrons. The highest BCUT2D eigenvalue weighted by atomic mass is 32.2. The lowest BCUT2D eigenvalue weighted by Gasteiger charge is -2.39. The smallest absolute Gasteiger partial charge is 0.223 e. The lowest BCUT2D eigenvalue weighted by Crippen LogP contribution is -2.49. The van der Waals surface area contributed by atoms with E-state index in [1.165, 1.54) is 0 Å². The Hall–Kier alpha value is -1.01. The highest BCUT2D eigenvalue weighted by Gasteiger charge is 2.30. The van der Waals surface area contributed by atoms with Crippen LogP contribution >= 0.6 is 11.8 Å². The summed E-state index contributed by atoms with van der Waals surface area (Å²) in [6.45, 7) is 2.47. The van der Waals surface area contributed by atoms with Crippen LogP contribution in [0.5, 0.6) is 0 Å². The molecule has 1 aliphatic rings. The molecule has 1 saturated heterocycles. The summed E-state index contributed by atoms with van der Waals surface area (Å²) in [5.74, 6) is 2.20. The standard InChI is InChI=1S/C13H22N4OS/c1-15-7-8-17(12(18)4-9-19-3)10-11(15)13-14-5-6-16(13)2/h5-6,11H,4,7-10H2,1-3H3/t11-/m1/s1. The van der Waals surface area contributed by atoms with E-state index in [4.69, 9.17) is 0 Å². The Bertz CT molecular complexity index is 434.